The van der Waals surface area contributed by atoms with Crippen LogP contribution in [0.25, 0.3) is 0 Å². The van der Waals surface area contributed by atoms with E-state index in [0.717, 1.165) is 16.9 Å². The Morgan fingerprint density at radius 2 is 1.95 bits per heavy atom. The fourth-order valence-corrected chi connectivity index (χ4v) is 2.40. The van der Waals surface area contributed by atoms with Crippen molar-refractivity contribution in [2.75, 3.05) is 5.32 Å². The molecule has 0 aliphatic carbocycles. The molecular weight excluding hydrogens is 377 g/mol. The molecule has 0 bridgehead atoms. The molecule has 0 saturated heterocycles. The van der Waals surface area contributed by atoms with Crippen molar-refractivity contribution in [1.29, 1.82) is 0 Å². The van der Waals surface area contributed by atoms with Gasteiger partial charge in [0.2, 0.25) is 5.95 Å². The van der Waals surface area contributed by atoms with E-state index in [2.05, 4.69) is 66.7 Å². The predicted octanol–water partition coefficient (Wildman–Crippen LogP) is 3.73. The quantitative estimate of drug-likeness (QED) is 0.786. The Hall–Kier alpha value is -1.37. The van der Waals surface area contributed by atoms with E-state index in [0.29, 0.717) is 5.95 Å². The maximum Gasteiger partial charge on any atom is 0.254 e. The van der Waals surface area contributed by atoms with Crippen molar-refractivity contribution >= 4 is 34.2 Å². The topological polar surface area (TPSA) is 46.9 Å². The fraction of sp³-hybridized carbons (Fsp3) is 0.375. The third-order valence-electron chi connectivity index (χ3n) is 3.42. The van der Waals surface area contributed by atoms with Gasteiger partial charge in [0.25, 0.3) is 5.56 Å². The van der Waals surface area contributed by atoms with Gasteiger partial charge < -0.3 is 5.32 Å². The Labute approximate surface area is 138 Å². The number of hydrogen-bond acceptors (Lipinski definition) is 3. The summed E-state index contributed by atoms with van der Waals surface area (Å²) in [6.07, 6.45) is 0. The molecule has 0 aliphatic heterocycles. The average Bonchev–Trinajstić information content (AvgIpc) is 2.38. The maximum atomic E-state index is 12.1. The first-order valence-electron chi connectivity index (χ1n) is 6.81. The van der Waals surface area contributed by atoms with E-state index in [1.807, 2.05) is 12.1 Å². The Balaban J connectivity index is 2.52. The van der Waals surface area contributed by atoms with Crippen LogP contribution >= 0.6 is 22.6 Å². The van der Waals surface area contributed by atoms with Crippen molar-refractivity contribution in [1.82, 2.24) is 9.55 Å². The van der Waals surface area contributed by atoms with Crippen LogP contribution < -0.4 is 10.9 Å². The van der Waals surface area contributed by atoms with Crippen molar-refractivity contribution in [2.24, 2.45) is 7.05 Å². The van der Waals surface area contributed by atoms with Crippen LogP contribution in [0.2, 0.25) is 0 Å². The molecule has 0 amide bonds. The van der Waals surface area contributed by atoms with Crippen LogP contribution in [-0.2, 0) is 12.5 Å². The molecule has 21 heavy (non-hydrogen) atoms. The summed E-state index contributed by atoms with van der Waals surface area (Å²) in [5.41, 5.74) is 2.69. The summed E-state index contributed by atoms with van der Waals surface area (Å²) < 4.78 is 2.71. The zero-order valence-electron chi connectivity index (χ0n) is 13.0. The second kappa shape index (κ2) is 5.79. The monoisotopic (exact) mass is 397 g/mol. The molecule has 5 heteroatoms. The smallest absolute Gasteiger partial charge is 0.254 e. The van der Waals surface area contributed by atoms with E-state index in [1.54, 1.807) is 13.1 Å². The Morgan fingerprint density at radius 1 is 1.29 bits per heavy atom. The number of aromatic nitrogens is 2. The summed E-state index contributed by atoms with van der Waals surface area (Å²) in [5, 5.41) is 3.28. The molecule has 0 radical (unpaired) electrons. The first-order chi connectivity index (χ1) is 9.70. The SMILES string of the molecule is Cc1c(I)cccc1Nc1nc(C(C)(C)C)cc(=O)n1C. The number of benzene rings is 1. The van der Waals surface area contributed by atoms with Crippen LogP contribution in [0, 0.1) is 10.5 Å². The zero-order chi connectivity index (χ0) is 15.8. The number of halogens is 1. The van der Waals surface area contributed by atoms with E-state index >= 15 is 0 Å². The number of rotatable bonds is 2. The van der Waals surface area contributed by atoms with Gasteiger partial charge in [-0.15, -0.1) is 0 Å². The first-order valence-corrected chi connectivity index (χ1v) is 7.88. The van der Waals surface area contributed by atoms with Gasteiger partial charge in [0.15, 0.2) is 0 Å². The molecule has 1 aromatic heterocycles. The highest BCUT2D eigenvalue weighted by Crippen LogP contribution is 2.24. The van der Waals surface area contributed by atoms with Gasteiger partial charge in [0, 0.05) is 27.8 Å². The molecule has 0 fully saturated rings. The normalized spacial score (nSPS) is 11.5. The standard InChI is InChI=1S/C16H20IN3O/c1-10-11(17)7-6-8-12(10)18-15-19-13(16(2,3)4)9-14(21)20(15)5/h6-9H,1-5H3,(H,18,19). The lowest BCUT2D eigenvalue weighted by atomic mass is 9.92. The van der Waals surface area contributed by atoms with Crippen LogP contribution in [0.1, 0.15) is 32.0 Å². The van der Waals surface area contributed by atoms with E-state index in [4.69, 9.17) is 0 Å². The number of hydrogen-bond donors (Lipinski definition) is 1. The molecule has 2 rings (SSSR count). The van der Waals surface area contributed by atoms with E-state index < -0.39 is 0 Å². The van der Waals surface area contributed by atoms with Gasteiger partial charge in [-0.05, 0) is 47.2 Å². The summed E-state index contributed by atoms with van der Waals surface area (Å²) in [7, 11) is 1.73. The minimum absolute atomic E-state index is 0.0549. The molecule has 0 unspecified atom stereocenters. The van der Waals surface area contributed by atoms with Gasteiger partial charge in [0.1, 0.15) is 0 Å². The van der Waals surface area contributed by atoms with Gasteiger partial charge in [-0.2, -0.15) is 0 Å². The van der Waals surface area contributed by atoms with Crippen LogP contribution in [0.4, 0.5) is 11.6 Å². The van der Waals surface area contributed by atoms with E-state index in [9.17, 15) is 4.79 Å². The summed E-state index contributed by atoms with van der Waals surface area (Å²) >= 11 is 2.30. The highest BCUT2D eigenvalue weighted by molar-refractivity contribution is 14.1. The molecule has 0 aliphatic rings. The summed E-state index contributed by atoms with van der Waals surface area (Å²) in [6.45, 7) is 8.20. The molecular formula is C16H20IN3O. The average molecular weight is 397 g/mol. The molecule has 4 nitrogen and oxygen atoms in total. The summed E-state index contributed by atoms with van der Waals surface area (Å²) in [5.74, 6) is 0.567. The van der Waals surface area contributed by atoms with Gasteiger partial charge in [-0.1, -0.05) is 26.8 Å². The Morgan fingerprint density at radius 3 is 2.57 bits per heavy atom. The van der Waals surface area contributed by atoms with Crippen LogP contribution in [0.3, 0.4) is 0 Å². The van der Waals surface area contributed by atoms with Crippen molar-refractivity contribution in [3.05, 3.63) is 49.4 Å². The van der Waals surface area contributed by atoms with Crippen molar-refractivity contribution in [3.63, 3.8) is 0 Å². The van der Waals surface area contributed by atoms with Crippen molar-refractivity contribution in [2.45, 2.75) is 33.1 Å². The molecule has 1 N–H and O–H groups in total. The molecule has 0 saturated carbocycles. The molecule has 1 aromatic carbocycles. The van der Waals surface area contributed by atoms with Crippen molar-refractivity contribution < 1.29 is 0 Å². The van der Waals surface area contributed by atoms with E-state index in [-0.39, 0.29) is 11.0 Å². The number of anilines is 2. The second-order valence-electron chi connectivity index (χ2n) is 6.15. The van der Waals surface area contributed by atoms with Gasteiger partial charge in [0.05, 0.1) is 5.69 Å². The van der Waals surface area contributed by atoms with Crippen LogP contribution in [0.5, 0.6) is 0 Å². The molecule has 1 heterocycles. The Bertz CT molecular complexity index is 729. The predicted molar refractivity (Wildman–Crippen MR) is 95.4 cm³/mol. The molecule has 2 aromatic rings. The molecule has 0 atom stereocenters. The zero-order valence-corrected chi connectivity index (χ0v) is 15.1. The maximum absolute atomic E-state index is 12.1. The van der Waals surface area contributed by atoms with E-state index in [1.165, 1.54) is 8.14 Å². The minimum Gasteiger partial charge on any atom is -0.325 e. The lowest BCUT2D eigenvalue weighted by molar-refractivity contribution is 0.562. The van der Waals surface area contributed by atoms with Crippen molar-refractivity contribution in [3.8, 4) is 0 Å². The summed E-state index contributed by atoms with van der Waals surface area (Å²) in [4.78, 5) is 16.8. The number of nitrogens with zero attached hydrogens (tertiary/aromatic N) is 2. The second-order valence-corrected chi connectivity index (χ2v) is 7.31. The highest BCUT2D eigenvalue weighted by Gasteiger charge is 2.18. The third-order valence-corrected chi connectivity index (χ3v) is 4.59. The molecule has 0 spiro atoms. The van der Waals surface area contributed by atoms with Gasteiger partial charge in [-0.3, -0.25) is 9.36 Å². The first kappa shape index (κ1) is 16.0. The fourth-order valence-electron chi connectivity index (χ4n) is 1.90. The number of nitrogens with one attached hydrogen (secondary N) is 1. The highest BCUT2D eigenvalue weighted by atomic mass is 127. The van der Waals surface area contributed by atoms with Gasteiger partial charge >= 0.3 is 0 Å². The minimum atomic E-state index is -0.163. The lowest BCUT2D eigenvalue weighted by Crippen LogP contribution is -2.26. The third kappa shape index (κ3) is 3.45. The lowest BCUT2D eigenvalue weighted by Gasteiger charge is -2.20. The molecule has 112 valence electrons. The van der Waals surface area contributed by atoms with Crippen LogP contribution in [-0.4, -0.2) is 9.55 Å². The Kier molecular flexibility index (Phi) is 4.41. The van der Waals surface area contributed by atoms with Crippen LogP contribution in [0.15, 0.2) is 29.1 Å². The van der Waals surface area contributed by atoms with Gasteiger partial charge in [-0.25, -0.2) is 4.98 Å². The largest absolute Gasteiger partial charge is 0.325 e. The summed E-state index contributed by atoms with van der Waals surface area (Å²) in [6, 6.07) is 7.64.